The minimum Gasteiger partial charge on any atom is -0.351 e. The lowest BCUT2D eigenvalue weighted by molar-refractivity contribution is -0.115. The molecule has 0 unspecified atom stereocenters. The Morgan fingerprint density at radius 3 is 1.69 bits per heavy atom. The largest absolute Gasteiger partial charge is 0.351 e. The van der Waals surface area contributed by atoms with Crippen LogP contribution >= 0.6 is 67.8 Å². The van der Waals surface area contributed by atoms with E-state index in [1.807, 2.05) is 67.8 Å². The molecule has 0 aliphatic heterocycles. The van der Waals surface area contributed by atoms with Gasteiger partial charge in [0.1, 0.15) is 0 Å². The third kappa shape index (κ3) is 6.71. The molecule has 0 atom stereocenters. The van der Waals surface area contributed by atoms with E-state index in [0.717, 1.165) is 0 Å². The van der Waals surface area contributed by atoms with Crippen LogP contribution in [0.25, 0.3) is 0 Å². The zero-order valence-electron chi connectivity index (χ0n) is 13.4. The number of halogens is 3. The summed E-state index contributed by atoms with van der Waals surface area (Å²) in [5.41, 5.74) is 0.903. The maximum Gasteiger partial charge on any atom is 0.266 e. The molecular weight excluding hydrogens is 707 g/mol. The fraction of sp³-hybridized carbons (Fsp3) is 0.308. The fourth-order valence-electron chi connectivity index (χ4n) is 1.82. The molecule has 3 amide bonds. The van der Waals surface area contributed by atoms with E-state index in [2.05, 4.69) is 16.0 Å². The van der Waals surface area contributed by atoms with Gasteiger partial charge in [-0.1, -0.05) is 0 Å². The molecule has 144 valence electrons. The Morgan fingerprint density at radius 1 is 0.923 bits per heavy atom. The molecule has 1 aromatic rings. The van der Waals surface area contributed by atoms with Crippen molar-refractivity contribution >= 4 is 107 Å². The van der Waals surface area contributed by atoms with Gasteiger partial charge in [0.2, 0.25) is 11.8 Å². The monoisotopic (exact) mass is 721 g/mol. The molecule has 9 nitrogen and oxygen atoms in total. The lowest BCUT2D eigenvalue weighted by Crippen LogP contribution is -2.31. The number of carbonyl (C=O) groups excluding carboxylic acids is 3. The number of nitrogens with one attached hydrogen (secondary N) is 3. The van der Waals surface area contributed by atoms with Crippen molar-refractivity contribution in [2.45, 2.75) is 13.8 Å². The minimum absolute atomic E-state index is 0.175. The summed E-state index contributed by atoms with van der Waals surface area (Å²) >= 11 is 5.74. The average molecular weight is 721 g/mol. The quantitative estimate of drug-likeness (QED) is 0.262. The molecule has 0 saturated heterocycles. The Hall–Kier alpha value is -0.270. The van der Waals surface area contributed by atoms with Gasteiger partial charge in [0.25, 0.3) is 16.0 Å². The molecule has 0 aromatic heterocycles. The Balaban J connectivity index is 3.42. The smallest absolute Gasteiger partial charge is 0.266 e. The molecule has 0 radical (unpaired) electrons. The third-order valence-electron chi connectivity index (χ3n) is 2.79. The predicted octanol–water partition coefficient (Wildman–Crippen LogP) is 2.03. The van der Waals surface area contributed by atoms with E-state index >= 15 is 0 Å². The summed E-state index contributed by atoms with van der Waals surface area (Å²) in [5, 5.41) is 7.67. The average Bonchev–Trinajstić information content (AvgIpc) is 2.46. The van der Waals surface area contributed by atoms with Gasteiger partial charge in [0.05, 0.1) is 33.4 Å². The number of anilines is 2. The van der Waals surface area contributed by atoms with Crippen molar-refractivity contribution in [1.82, 2.24) is 5.32 Å². The first-order valence-corrected chi connectivity index (χ1v) is 11.7. The maximum atomic E-state index is 12.5. The molecule has 1 rings (SSSR count). The van der Waals surface area contributed by atoms with E-state index < -0.39 is 21.8 Å². The molecule has 4 N–H and O–H groups in total. The topological polar surface area (TPSA) is 142 Å². The predicted molar refractivity (Wildman–Crippen MR) is 122 cm³/mol. The van der Waals surface area contributed by atoms with Gasteiger partial charge in [-0.3, -0.25) is 18.9 Å². The second-order valence-electron chi connectivity index (χ2n) is 4.97. The van der Waals surface area contributed by atoms with Gasteiger partial charge in [-0.05, 0) is 67.8 Å². The van der Waals surface area contributed by atoms with Gasteiger partial charge < -0.3 is 16.0 Å². The second kappa shape index (κ2) is 9.78. The summed E-state index contributed by atoms with van der Waals surface area (Å²) in [6.07, 6.45) is 0. The molecular formula is C13H14I3N3O6S. The molecule has 0 aliphatic carbocycles. The summed E-state index contributed by atoms with van der Waals surface area (Å²) in [5.74, 6) is -1.94. The minimum atomic E-state index is -4.21. The van der Waals surface area contributed by atoms with Crippen molar-refractivity contribution in [3.05, 3.63) is 16.3 Å². The number of hydrogen-bond acceptors (Lipinski definition) is 5. The van der Waals surface area contributed by atoms with Crippen LogP contribution in [0.4, 0.5) is 11.4 Å². The van der Waals surface area contributed by atoms with Crippen LogP contribution < -0.4 is 16.0 Å². The van der Waals surface area contributed by atoms with Gasteiger partial charge in [-0.15, -0.1) is 0 Å². The highest BCUT2D eigenvalue weighted by Gasteiger charge is 2.25. The second-order valence-corrected chi connectivity index (χ2v) is 9.78. The molecule has 0 heterocycles. The van der Waals surface area contributed by atoms with E-state index in [1.54, 1.807) is 0 Å². The van der Waals surface area contributed by atoms with Crippen molar-refractivity contribution < 1.29 is 27.4 Å². The van der Waals surface area contributed by atoms with Gasteiger partial charge in [-0.25, -0.2) is 0 Å². The standard InChI is InChI=1S/C13H14I3N3O6S/c1-5(20)18-11-8(14)7(13(22)17-3-4-26(23,24)25)9(15)12(10(11)16)19-6(2)21/h3-4H2,1-2H3,(H,17,22)(H,18,20)(H,19,21)(H,23,24,25). The van der Waals surface area contributed by atoms with Crippen LogP contribution in [0.3, 0.4) is 0 Å². The number of hydrogen-bond donors (Lipinski definition) is 4. The number of amides is 3. The third-order valence-corrected chi connectivity index (χ3v) is 6.75. The maximum absolute atomic E-state index is 12.5. The van der Waals surface area contributed by atoms with E-state index in [-0.39, 0.29) is 23.9 Å². The van der Waals surface area contributed by atoms with Crippen LogP contribution in [-0.2, 0) is 19.7 Å². The van der Waals surface area contributed by atoms with Crippen LogP contribution in [0.1, 0.15) is 24.2 Å². The Bertz CT molecular complexity index is 829. The SMILES string of the molecule is CC(=O)Nc1c(I)c(NC(C)=O)c(I)c(C(=O)NCCS(=O)(=O)O)c1I. The Labute approximate surface area is 191 Å². The van der Waals surface area contributed by atoms with Crippen molar-refractivity contribution in [2.75, 3.05) is 22.9 Å². The first-order chi connectivity index (χ1) is 11.8. The van der Waals surface area contributed by atoms with Crippen LogP contribution in [0.5, 0.6) is 0 Å². The van der Waals surface area contributed by atoms with Crippen molar-refractivity contribution in [1.29, 1.82) is 0 Å². The Kier molecular flexibility index (Phi) is 8.94. The molecule has 26 heavy (non-hydrogen) atoms. The summed E-state index contributed by atoms with van der Waals surface area (Å²) in [4.78, 5) is 35.5. The Morgan fingerprint density at radius 2 is 1.35 bits per heavy atom. The lowest BCUT2D eigenvalue weighted by atomic mass is 10.1. The van der Waals surface area contributed by atoms with Crippen LogP contribution in [0.15, 0.2) is 0 Å². The first kappa shape index (κ1) is 23.8. The summed E-state index contributed by atoms with van der Waals surface area (Å²) in [6.45, 7) is 2.34. The van der Waals surface area contributed by atoms with Crippen molar-refractivity contribution in [3.8, 4) is 0 Å². The highest BCUT2D eigenvalue weighted by atomic mass is 127. The molecule has 0 aliphatic rings. The zero-order chi connectivity index (χ0) is 20.2. The summed E-state index contributed by atoms with van der Waals surface area (Å²) in [7, 11) is -4.21. The van der Waals surface area contributed by atoms with E-state index in [4.69, 9.17) is 4.55 Å². The number of benzene rings is 1. The van der Waals surface area contributed by atoms with Gasteiger partial charge in [-0.2, -0.15) is 8.42 Å². The number of rotatable bonds is 6. The highest BCUT2D eigenvalue weighted by molar-refractivity contribution is 14.1. The molecule has 0 fully saturated rings. The van der Waals surface area contributed by atoms with Crippen molar-refractivity contribution in [3.63, 3.8) is 0 Å². The molecule has 0 spiro atoms. The lowest BCUT2D eigenvalue weighted by Gasteiger charge is -2.19. The highest BCUT2D eigenvalue weighted by Crippen LogP contribution is 2.38. The van der Waals surface area contributed by atoms with Gasteiger partial charge >= 0.3 is 0 Å². The number of carbonyl (C=O) groups is 3. The molecule has 13 heteroatoms. The molecule has 0 bridgehead atoms. The van der Waals surface area contributed by atoms with E-state index in [0.29, 0.717) is 22.1 Å². The summed E-state index contributed by atoms with van der Waals surface area (Å²) in [6, 6.07) is 0. The van der Waals surface area contributed by atoms with Crippen LogP contribution in [0, 0.1) is 10.7 Å². The van der Waals surface area contributed by atoms with E-state index in [9.17, 15) is 22.8 Å². The van der Waals surface area contributed by atoms with E-state index in [1.165, 1.54) is 13.8 Å². The van der Waals surface area contributed by atoms with Gasteiger partial charge in [0.15, 0.2) is 0 Å². The first-order valence-electron chi connectivity index (χ1n) is 6.84. The summed E-state index contributed by atoms with van der Waals surface area (Å²) < 4.78 is 31.7. The fourth-order valence-corrected chi connectivity index (χ4v) is 6.37. The molecule has 1 aromatic carbocycles. The normalized spacial score (nSPS) is 11.0. The van der Waals surface area contributed by atoms with Crippen LogP contribution in [0.2, 0.25) is 0 Å². The zero-order valence-corrected chi connectivity index (χ0v) is 20.7. The van der Waals surface area contributed by atoms with Crippen molar-refractivity contribution in [2.24, 2.45) is 0 Å². The molecule has 0 saturated carbocycles. The van der Waals surface area contributed by atoms with Gasteiger partial charge in [0, 0.05) is 20.4 Å². The van der Waals surface area contributed by atoms with Crippen LogP contribution in [-0.4, -0.2) is 43.0 Å².